The van der Waals surface area contributed by atoms with Crippen molar-refractivity contribution in [2.45, 2.75) is 31.8 Å². The molecule has 1 aliphatic carbocycles. The molecule has 0 aromatic heterocycles. The highest BCUT2D eigenvalue weighted by Crippen LogP contribution is 2.25. The van der Waals surface area contributed by atoms with E-state index >= 15 is 0 Å². The number of nitrogens with zero attached hydrogens (tertiary/aromatic N) is 1. The number of oxime groups is 1. The third kappa shape index (κ3) is 3.20. The molecular weight excluding hydrogens is 226 g/mol. The molecule has 0 radical (unpaired) electrons. The Balaban J connectivity index is 2.02. The maximum atomic E-state index is 10.2. The number of aliphatic hydroxyl groups excluding tert-OH is 1. The number of aliphatic hydroxyl groups is 1. The summed E-state index contributed by atoms with van der Waals surface area (Å²) in [5.74, 6) is -0.0382. The van der Waals surface area contributed by atoms with Crippen LogP contribution in [-0.4, -0.2) is 22.1 Å². The van der Waals surface area contributed by atoms with Gasteiger partial charge in [-0.3, -0.25) is 0 Å². The summed E-state index contributed by atoms with van der Waals surface area (Å²) < 4.78 is 0. The van der Waals surface area contributed by atoms with Crippen LogP contribution in [0.1, 0.15) is 31.2 Å². The summed E-state index contributed by atoms with van der Waals surface area (Å²) in [5, 5.41) is 22.4. The second-order valence-electron chi connectivity index (χ2n) is 4.70. The van der Waals surface area contributed by atoms with E-state index in [1.807, 2.05) is 36.4 Å². The number of benzene rings is 1. The summed E-state index contributed by atoms with van der Waals surface area (Å²) in [4.78, 5) is 0. The molecule has 1 saturated carbocycles. The minimum Gasteiger partial charge on any atom is -0.411 e. The van der Waals surface area contributed by atoms with E-state index in [4.69, 9.17) is 5.21 Å². The van der Waals surface area contributed by atoms with Crippen LogP contribution in [0.5, 0.6) is 0 Å². The molecule has 18 heavy (non-hydrogen) atoms. The molecule has 0 amide bonds. The molecule has 2 N–H and O–H groups in total. The molecule has 2 atom stereocenters. The van der Waals surface area contributed by atoms with Gasteiger partial charge in [-0.15, -0.1) is 0 Å². The normalized spacial score (nSPS) is 24.5. The van der Waals surface area contributed by atoms with Gasteiger partial charge in [-0.05, 0) is 24.8 Å². The molecule has 1 aliphatic rings. The minimum absolute atomic E-state index is 0.0382. The molecule has 96 valence electrons. The largest absolute Gasteiger partial charge is 0.411 e. The first-order valence-electron chi connectivity index (χ1n) is 6.43. The molecule has 0 heterocycles. The quantitative estimate of drug-likeness (QED) is 0.635. The van der Waals surface area contributed by atoms with Crippen LogP contribution in [0.25, 0.3) is 6.08 Å². The van der Waals surface area contributed by atoms with Gasteiger partial charge in [-0.25, -0.2) is 0 Å². The van der Waals surface area contributed by atoms with Crippen molar-refractivity contribution in [3.05, 3.63) is 42.0 Å². The smallest absolute Gasteiger partial charge is 0.0805 e. The van der Waals surface area contributed by atoms with E-state index in [9.17, 15) is 5.11 Å². The van der Waals surface area contributed by atoms with Crippen molar-refractivity contribution in [2.24, 2.45) is 11.1 Å². The predicted octanol–water partition coefficient (Wildman–Crippen LogP) is 3.08. The van der Waals surface area contributed by atoms with Gasteiger partial charge in [0.1, 0.15) is 0 Å². The van der Waals surface area contributed by atoms with Gasteiger partial charge in [0, 0.05) is 5.92 Å². The molecule has 1 fully saturated rings. The second-order valence-corrected chi connectivity index (χ2v) is 4.70. The topological polar surface area (TPSA) is 52.8 Å². The van der Waals surface area contributed by atoms with E-state index in [0.29, 0.717) is 0 Å². The molecule has 0 spiro atoms. The van der Waals surface area contributed by atoms with Crippen LogP contribution in [0.3, 0.4) is 0 Å². The van der Waals surface area contributed by atoms with E-state index in [1.54, 1.807) is 6.08 Å². The van der Waals surface area contributed by atoms with Crippen molar-refractivity contribution in [1.29, 1.82) is 0 Å². The maximum absolute atomic E-state index is 10.2. The Labute approximate surface area is 107 Å². The van der Waals surface area contributed by atoms with Gasteiger partial charge in [-0.1, -0.05) is 54.1 Å². The Hall–Kier alpha value is -1.61. The lowest BCUT2D eigenvalue weighted by Gasteiger charge is -2.25. The van der Waals surface area contributed by atoms with Gasteiger partial charge in [0.05, 0.1) is 11.8 Å². The van der Waals surface area contributed by atoms with Gasteiger partial charge in [0.2, 0.25) is 0 Å². The van der Waals surface area contributed by atoms with Crippen molar-refractivity contribution in [1.82, 2.24) is 0 Å². The van der Waals surface area contributed by atoms with Crippen LogP contribution < -0.4 is 0 Å². The van der Waals surface area contributed by atoms with E-state index in [-0.39, 0.29) is 5.92 Å². The fourth-order valence-corrected chi connectivity index (χ4v) is 2.42. The lowest BCUT2D eigenvalue weighted by molar-refractivity contribution is 0.170. The SMILES string of the molecule is O/N=C1\CCCCC1C(O)/C=C/c1ccccc1. The van der Waals surface area contributed by atoms with Gasteiger partial charge < -0.3 is 10.3 Å². The summed E-state index contributed by atoms with van der Waals surface area (Å²) in [7, 11) is 0. The second kappa shape index (κ2) is 6.36. The molecule has 2 rings (SSSR count). The fraction of sp³-hybridized carbons (Fsp3) is 0.400. The molecule has 1 aromatic rings. The summed E-state index contributed by atoms with van der Waals surface area (Å²) in [6.45, 7) is 0. The Kier molecular flexibility index (Phi) is 4.53. The van der Waals surface area contributed by atoms with Gasteiger partial charge in [0.25, 0.3) is 0 Å². The van der Waals surface area contributed by atoms with E-state index in [0.717, 1.165) is 37.0 Å². The fourth-order valence-electron chi connectivity index (χ4n) is 2.42. The van der Waals surface area contributed by atoms with Crippen molar-refractivity contribution in [3.8, 4) is 0 Å². The van der Waals surface area contributed by atoms with Crippen molar-refractivity contribution in [2.75, 3.05) is 0 Å². The van der Waals surface area contributed by atoms with Crippen molar-refractivity contribution in [3.63, 3.8) is 0 Å². The molecule has 2 unspecified atom stereocenters. The average molecular weight is 245 g/mol. The highest BCUT2D eigenvalue weighted by molar-refractivity contribution is 5.87. The van der Waals surface area contributed by atoms with Crippen LogP contribution in [0.2, 0.25) is 0 Å². The van der Waals surface area contributed by atoms with Crippen molar-refractivity contribution >= 4 is 11.8 Å². The summed E-state index contributed by atoms with van der Waals surface area (Å²) in [6.07, 6.45) is 6.93. The number of rotatable bonds is 3. The highest BCUT2D eigenvalue weighted by atomic mass is 16.4. The number of hydrogen-bond donors (Lipinski definition) is 2. The highest BCUT2D eigenvalue weighted by Gasteiger charge is 2.26. The molecule has 0 aliphatic heterocycles. The van der Waals surface area contributed by atoms with Crippen LogP contribution in [0, 0.1) is 5.92 Å². The summed E-state index contributed by atoms with van der Waals surface area (Å²) >= 11 is 0. The first kappa shape index (κ1) is 12.8. The molecule has 0 saturated heterocycles. The average Bonchev–Trinajstić information content (AvgIpc) is 2.45. The lowest BCUT2D eigenvalue weighted by Crippen LogP contribution is -2.29. The third-order valence-electron chi connectivity index (χ3n) is 3.45. The van der Waals surface area contributed by atoms with Crippen LogP contribution >= 0.6 is 0 Å². The Morgan fingerprint density at radius 3 is 2.72 bits per heavy atom. The van der Waals surface area contributed by atoms with Gasteiger partial charge >= 0.3 is 0 Å². The zero-order valence-electron chi connectivity index (χ0n) is 10.4. The van der Waals surface area contributed by atoms with Crippen molar-refractivity contribution < 1.29 is 10.3 Å². The van der Waals surface area contributed by atoms with E-state index < -0.39 is 6.10 Å². The Morgan fingerprint density at radius 2 is 2.00 bits per heavy atom. The summed E-state index contributed by atoms with van der Waals surface area (Å²) in [5.41, 5.74) is 1.79. The molecule has 0 bridgehead atoms. The molecule has 3 heteroatoms. The third-order valence-corrected chi connectivity index (χ3v) is 3.45. The number of hydrogen-bond acceptors (Lipinski definition) is 3. The maximum Gasteiger partial charge on any atom is 0.0805 e. The standard InChI is InChI=1S/C15H19NO2/c17-15(11-10-12-6-2-1-3-7-12)13-8-4-5-9-14(13)16-18/h1-3,6-7,10-11,13,15,17-18H,4-5,8-9H2/b11-10+,16-14+. The van der Waals surface area contributed by atoms with E-state index in [2.05, 4.69) is 5.16 Å². The zero-order chi connectivity index (χ0) is 12.8. The molecule has 3 nitrogen and oxygen atoms in total. The lowest BCUT2D eigenvalue weighted by atomic mass is 9.83. The predicted molar refractivity (Wildman–Crippen MR) is 72.7 cm³/mol. The van der Waals surface area contributed by atoms with E-state index in [1.165, 1.54) is 0 Å². The van der Waals surface area contributed by atoms with Gasteiger partial charge in [-0.2, -0.15) is 0 Å². The van der Waals surface area contributed by atoms with Crippen LogP contribution in [-0.2, 0) is 0 Å². The van der Waals surface area contributed by atoms with Crippen LogP contribution in [0.15, 0.2) is 41.6 Å². The first-order chi connectivity index (χ1) is 8.81. The zero-order valence-corrected chi connectivity index (χ0v) is 10.4. The Morgan fingerprint density at radius 1 is 1.22 bits per heavy atom. The Bertz CT molecular complexity index is 425. The molecular formula is C15H19NO2. The first-order valence-corrected chi connectivity index (χ1v) is 6.43. The minimum atomic E-state index is -0.573. The van der Waals surface area contributed by atoms with Crippen LogP contribution in [0.4, 0.5) is 0 Å². The summed E-state index contributed by atoms with van der Waals surface area (Å²) in [6, 6.07) is 9.88. The van der Waals surface area contributed by atoms with Gasteiger partial charge in [0.15, 0.2) is 0 Å². The monoisotopic (exact) mass is 245 g/mol. The molecule has 1 aromatic carbocycles.